The number of piperidine rings is 1. The minimum absolute atomic E-state index is 0.600. The first-order valence-corrected chi connectivity index (χ1v) is 6.92. The summed E-state index contributed by atoms with van der Waals surface area (Å²) in [4.78, 5) is 0. The predicted octanol–water partition coefficient (Wildman–Crippen LogP) is 3.59. The Labute approximate surface area is 95.0 Å². The van der Waals surface area contributed by atoms with Crippen LogP contribution in [0.2, 0.25) is 0 Å². The van der Waals surface area contributed by atoms with Crippen molar-refractivity contribution in [2.24, 2.45) is 17.3 Å². The Balaban J connectivity index is 1.96. The van der Waals surface area contributed by atoms with Crippen molar-refractivity contribution in [3.63, 3.8) is 0 Å². The van der Waals surface area contributed by atoms with Crippen molar-refractivity contribution in [3.05, 3.63) is 0 Å². The zero-order chi connectivity index (χ0) is 10.7. The second-order valence-electron chi connectivity index (χ2n) is 6.18. The molecular formula is C14H27N. The van der Waals surface area contributed by atoms with Crippen LogP contribution in [0.5, 0.6) is 0 Å². The van der Waals surface area contributed by atoms with Crippen LogP contribution in [-0.2, 0) is 0 Å². The molecule has 0 atom stereocenters. The van der Waals surface area contributed by atoms with Gasteiger partial charge in [-0.1, -0.05) is 33.1 Å². The molecule has 15 heavy (non-hydrogen) atoms. The topological polar surface area (TPSA) is 12.0 Å². The van der Waals surface area contributed by atoms with Crippen molar-refractivity contribution < 1.29 is 0 Å². The molecule has 1 saturated carbocycles. The highest BCUT2D eigenvalue weighted by Crippen LogP contribution is 2.46. The summed E-state index contributed by atoms with van der Waals surface area (Å²) in [6.07, 6.45) is 10.3. The minimum Gasteiger partial charge on any atom is -0.317 e. The molecule has 1 N–H and O–H groups in total. The zero-order valence-electron chi connectivity index (χ0n) is 10.5. The third kappa shape index (κ3) is 2.55. The Morgan fingerprint density at radius 3 is 1.93 bits per heavy atom. The second kappa shape index (κ2) is 4.86. The summed E-state index contributed by atoms with van der Waals surface area (Å²) >= 11 is 0. The van der Waals surface area contributed by atoms with Gasteiger partial charge in [-0.15, -0.1) is 0 Å². The minimum atomic E-state index is 0.600. The molecule has 1 heteroatoms. The Kier molecular flexibility index (Phi) is 3.71. The highest BCUT2D eigenvalue weighted by atomic mass is 14.9. The summed E-state index contributed by atoms with van der Waals surface area (Å²) in [5, 5.41) is 3.49. The van der Waals surface area contributed by atoms with Crippen molar-refractivity contribution in [1.29, 1.82) is 0 Å². The Hall–Kier alpha value is -0.0400. The van der Waals surface area contributed by atoms with Crippen LogP contribution >= 0.6 is 0 Å². The van der Waals surface area contributed by atoms with Gasteiger partial charge in [-0.25, -0.2) is 0 Å². The van der Waals surface area contributed by atoms with E-state index in [1.807, 2.05) is 0 Å². The lowest BCUT2D eigenvalue weighted by atomic mass is 9.62. The van der Waals surface area contributed by atoms with E-state index >= 15 is 0 Å². The molecule has 0 radical (unpaired) electrons. The SMILES string of the molecule is CC(C)(C1CCCCC1)C1CCNCC1. The van der Waals surface area contributed by atoms with Crippen LogP contribution in [0.25, 0.3) is 0 Å². The van der Waals surface area contributed by atoms with Gasteiger partial charge in [0.15, 0.2) is 0 Å². The Bertz CT molecular complexity index is 166. The molecule has 0 aromatic heterocycles. The number of hydrogen-bond donors (Lipinski definition) is 1. The summed E-state index contributed by atoms with van der Waals surface area (Å²) in [6, 6.07) is 0. The van der Waals surface area contributed by atoms with Gasteiger partial charge in [0.05, 0.1) is 0 Å². The maximum absolute atomic E-state index is 3.49. The fraction of sp³-hybridized carbons (Fsp3) is 1.00. The first kappa shape index (κ1) is 11.4. The fourth-order valence-electron chi connectivity index (χ4n) is 3.75. The van der Waals surface area contributed by atoms with Crippen molar-refractivity contribution >= 4 is 0 Å². The average molecular weight is 209 g/mol. The monoisotopic (exact) mass is 209 g/mol. The molecule has 2 fully saturated rings. The third-order valence-corrected chi connectivity index (χ3v) is 5.05. The van der Waals surface area contributed by atoms with E-state index in [9.17, 15) is 0 Å². The summed E-state index contributed by atoms with van der Waals surface area (Å²) in [6.45, 7) is 7.58. The lowest BCUT2D eigenvalue weighted by Gasteiger charge is -2.44. The quantitative estimate of drug-likeness (QED) is 0.733. The largest absolute Gasteiger partial charge is 0.317 e. The van der Waals surface area contributed by atoms with Crippen LogP contribution in [0.1, 0.15) is 58.8 Å². The smallest absolute Gasteiger partial charge is 0.00461 e. The van der Waals surface area contributed by atoms with E-state index in [-0.39, 0.29) is 0 Å². The van der Waals surface area contributed by atoms with E-state index in [1.165, 1.54) is 58.0 Å². The van der Waals surface area contributed by atoms with Gasteiger partial charge >= 0.3 is 0 Å². The molecule has 0 aromatic rings. The van der Waals surface area contributed by atoms with E-state index in [0.29, 0.717) is 5.41 Å². The van der Waals surface area contributed by atoms with Crippen molar-refractivity contribution in [3.8, 4) is 0 Å². The van der Waals surface area contributed by atoms with Gasteiger partial charge in [0, 0.05) is 0 Å². The maximum Gasteiger partial charge on any atom is -0.00461 e. The maximum atomic E-state index is 3.49. The number of rotatable bonds is 2. The van der Waals surface area contributed by atoms with E-state index in [4.69, 9.17) is 0 Å². The van der Waals surface area contributed by atoms with Crippen molar-refractivity contribution in [2.75, 3.05) is 13.1 Å². The molecule has 1 saturated heterocycles. The van der Waals surface area contributed by atoms with Gasteiger partial charge in [0.1, 0.15) is 0 Å². The molecule has 88 valence electrons. The van der Waals surface area contributed by atoms with Crippen LogP contribution in [0.15, 0.2) is 0 Å². The predicted molar refractivity (Wildman–Crippen MR) is 65.9 cm³/mol. The van der Waals surface area contributed by atoms with Gasteiger partial charge in [0.25, 0.3) is 0 Å². The van der Waals surface area contributed by atoms with E-state index in [1.54, 1.807) is 0 Å². The molecule has 0 aromatic carbocycles. The normalized spacial score (nSPS) is 26.8. The molecule has 0 bridgehead atoms. The van der Waals surface area contributed by atoms with Gasteiger partial charge in [-0.05, 0) is 56.0 Å². The lowest BCUT2D eigenvalue weighted by molar-refractivity contribution is 0.0629. The van der Waals surface area contributed by atoms with Crippen LogP contribution < -0.4 is 5.32 Å². The summed E-state index contributed by atoms with van der Waals surface area (Å²) in [5.41, 5.74) is 0.600. The van der Waals surface area contributed by atoms with E-state index in [0.717, 1.165) is 11.8 Å². The molecule has 0 amide bonds. The molecule has 1 nitrogen and oxygen atoms in total. The Morgan fingerprint density at radius 1 is 0.800 bits per heavy atom. The van der Waals surface area contributed by atoms with Crippen LogP contribution in [0.3, 0.4) is 0 Å². The summed E-state index contributed by atoms with van der Waals surface area (Å²) in [7, 11) is 0. The van der Waals surface area contributed by atoms with E-state index < -0.39 is 0 Å². The van der Waals surface area contributed by atoms with Crippen LogP contribution in [-0.4, -0.2) is 13.1 Å². The van der Waals surface area contributed by atoms with Gasteiger partial charge < -0.3 is 5.32 Å². The molecule has 2 rings (SSSR count). The third-order valence-electron chi connectivity index (χ3n) is 5.05. The molecular weight excluding hydrogens is 182 g/mol. The molecule has 2 aliphatic rings. The highest BCUT2D eigenvalue weighted by molar-refractivity contribution is 4.88. The first-order chi connectivity index (χ1) is 7.21. The number of nitrogens with one attached hydrogen (secondary N) is 1. The zero-order valence-corrected chi connectivity index (χ0v) is 10.5. The lowest BCUT2D eigenvalue weighted by Crippen LogP contribution is -2.40. The number of hydrogen-bond acceptors (Lipinski definition) is 1. The van der Waals surface area contributed by atoms with Gasteiger partial charge in [-0.2, -0.15) is 0 Å². The van der Waals surface area contributed by atoms with Gasteiger partial charge in [-0.3, -0.25) is 0 Å². The van der Waals surface area contributed by atoms with Crippen molar-refractivity contribution in [1.82, 2.24) is 5.32 Å². The molecule has 1 aliphatic carbocycles. The summed E-state index contributed by atoms with van der Waals surface area (Å²) < 4.78 is 0. The van der Waals surface area contributed by atoms with E-state index in [2.05, 4.69) is 19.2 Å². The van der Waals surface area contributed by atoms with Crippen molar-refractivity contribution in [2.45, 2.75) is 58.8 Å². The van der Waals surface area contributed by atoms with Crippen LogP contribution in [0.4, 0.5) is 0 Å². The molecule has 1 heterocycles. The first-order valence-electron chi connectivity index (χ1n) is 6.92. The average Bonchev–Trinajstić information content (AvgIpc) is 2.31. The summed E-state index contributed by atoms with van der Waals surface area (Å²) in [5.74, 6) is 1.98. The molecule has 0 spiro atoms. The van der Waals surface area contributed by atoms with Crippen LogP contribution in [0, 0.1) is 17.3 Å². The highest BCUT2D eigenvalue weighted by Gasteiger charge is 2.37. The fourth-order valence-corrected chi connectivity index (χ4v) is 3.75. The Morgan fingerprint density at radius 2 is 1.33 bits per heavy atom. The second-order valence-corrected chi connectivity index (χ2v) is 6.18. The van der Waals surface area contributed by atoms with Gasteiger partial charge in [0.2, 0.25) is 0 Å². The standard InChI is InChI=1S/C14H27N/c1-14(2,12-6-4-3-5-7-12)13-8-10-15-11-9-13/h12-13,15H,3-11H2,1-2H3. The molecule has 0 unspecified atom stereocenters. The molecule has 1 aliphatic heterocycles.